The Labute approximate surface area is 134 Å². The van der Waals surface area contributed by atoms with Crippen LogP contribution in [0.3, 0.4) is 0 Å². The Morgan fingerprint density at radius 3 is 2.83 bits per heavy atom. The first-order valence-electron chi connectivity index (χ1n) is 7.95. The fourth-order valence-corrected chi connectivity index (χ4v) is 3.39. The third-order valence-corrected chi connectivity index (χ3v) is 4.51. The van der Waals surface area contributed by atoms with Gasteiger partial charge in [-0.25, -0.2) is 0 Å². The van der Waals surface area contributed by atoms with E-state index in [4.69, 9.17) is 9.26 Å². The number of hydrogen-bond acceptors (Lipinski definition) is 7. The number of carbonyl (C=O) groups is 2. The molecule has 0 spiro atoms. The van der Waals surface area contributed by atoms with Gasteiger partial charge in [-0.1, -0.05) is 5.16 Å². The molecule has 0 N–H and O–H groups in total. The van der Waals surface area contributed by atoms with E-state index in [1.165, 1.54) is 0 Å². The number of cyclic esters (lactones) is 1. The van der Waals surface area contributed by atoms with Crippen LogP contribution in [0.5, 0.6) is 0 Å². The van der Waals surface area contributed by atoms with Gasteiger partial charge in [-0.2, -0.15) is 4.98 Å². The lowest BCUT2D eigenvalue weighted by Crippen LogP contribution is -2.43. The van der Waals surface area contributed by atoms with Gasteiger partial charge >= 0.3 is 5.97 Å². The van der Waals surface area contributed by atoms with Crippen LogP contribution in [0.15, 0.2) is 4.52 Å². The molecule has 0 bridgehead atoms. The molecule has 3 atom stereocenters. The third-order valence-electron chi connectivity index (χ3n) is 4.51. The predicted molar refractivity (Wildman–Crippen MR) is 79.2 cm³/mol. The lowest BCUT2D eigenvalue weighted by atomic mass is 10.1. The number of hydrogen-bond donors (Lipinski definition) is 0. The van der Waals surface area contributed by atoms with Crippen LogP contribution in [0.2, 0.25) is 0 Å². The van der Waals surface area contributed by atoms with Gasteiger partial charge in [-0.3, -0.25) is 14.5 Å². The first-order chi connectivity index (χ1) is 10.9. The topological polar surface area (TPSA) is 88.8 Å². The second-order valence-electron chi connectivity index (χ2n) is 6.31. The predicted octanol–water partition coefficient (Wildman–Crippen LogP) is 0.505. The van der Waals surface area contributed by atoms with Gasteiger partial charge in [0.15, 0.2) is 5.82 Å². The van der Waals surface area contributed by atoms with E-state index in [1.807, 2.05) is 6.92 Å². The van der Waals surface area contributed by atoms with Crippen LogP contribution in [-0.4, -0.2) is 63.1 Å². The van der Waals surface area contributed by atoms with E-state index in [-0.39, 0.29) is 30.1 Å². The van der Waals surface area contributed by atoms with Crippen molar-refractivity contribution in [1.82, 2.24) is 19.9 Å². The normalized spacial score (nSPS) is 28.1. The highest BCUT2D eigenvalue weighted by molar-refractivity contribution is 5.78. The highest BCUT2D eigenvalue weighted by Crippen LogP contribution is 2.26. The Bertz CT molecular complexity index is 602. The number of amides is 1. The van der Waals surface area contributed by atoms with Crippen LogP contribution in [0.1, 0.15) is 38.4 Å². The minimum atomic E-state index is -0.184. The van der Waals surface area contributed by atoms with E-state index in [9.17, 15) is 9.59 Å². The fourth-order valence-electron chi connectivity index (χ4n) is 3.39. The molecule has 8 nitrogen and oxygen atoms in total. The Morgan fingerprint density at radius 1 is 1.48 bits per heavy atom. The van der Waals surface area contributed by atoms with Crippen molar-refractivity contribution in [2.45, 2.75) is 58.3 Å². The summed E-state index contributed by atoms with van der Waals surface area (Å²) in [6.07, 6.45) is 1.52. The largest absolute Gasteiger partial charge is 0.461 e. The fraction of sp³-hybridized carbons (Fsp3) is 0.733. The average Bonchev–Trinajstić information content (AvgIpc) is 3.16. The van der Waals surface area contributed by atoms with E-state index in [1.54, 1.807) is 18.7 Å². The molecular formula is C15H22N4O4. The van der Waals surface area contributed by atoms with Gasteiger partial charge in [0.2, 0.25) is 11.8 Å². The van der Waals surface area contributed by atoms with E-state index < -0.39 is 0 Å². The summed E-state index contributed by atoms with van der Waals surface area (Å²) < 4.78 is 10.2. The van der Waals surface area contributed by atoms with Crippen molar-refractivity contribution in [2.24, 2.45) is 0 Å². The van der Waals surface area contributed by atoms with E-state index in [0.717, 1.165) is 19.4 Å². The maximum absolute atomic E-state index is 12.0. The Morgan fingerprint density at radius 2 is 2.26 bits per heavy atom. The zero-order chi connectivity index (χ0) is 16.6. The lowest BCUT2D eigenvalue weighted by molar-refractivity contribution is -0.144. The van der Waals surface area contributed by atoms with Gasteiger partial charge in [0.05, 0.1) is 6.54 Å². The monoisotopic (exact) mass is 322 g/mol. The number of esters is 1. The first-order valence-corrected chi connectivity index (χ1v) is 7.95. The van der Waals surface area contributed by atoms with Crippen molar-refractivity contribution in [3.8, 4) is 0 Å². The molecule has 3 rings (SSSR count). The molecule has 0 saturated carbocycles. The molecule has 3 heterocycles. The molecule has 1 aromatic rings. The smallest absolute Gasteiger partial charge is 0.323 e. The number of rotatable bonds is 4. The Balaban J connectivity index is 1.65. The summed E-state index contributed by atoms with van der Waals surface area (Å²) in [6.45, 7) is 6.96. The van der Waals surface area contributed by atoms with E-state index >= 15 is 0 Å². The van der Waals surface area contributed by atoms with Crippen molar-refractivity contribution in [3.63, 3.8) is 0 Å². The third kappa shape index (κ3) is 3.36. The highest BCUT2D eigenvalue weighted by atomic mass is 16.6. The van der Waals surface area contributed by atoms with Crippen molar-refractivity contribution in [3.05, 3.63) is 11.7 Å². The Kier molecular flexibility index (Phi) is 4.34. The summed E-state index contributed by atoms with van der Waals surface area (Å²) >= 11 is 0. The molecule has 2 aliphatic rings. The minimum absolute atomic E-state index is 0.0262. The van der Waals surface area contributed by atoms with Crippen molar-refractivity contribution in [1.29, 1.82) is 0 Å². The molecule has 1 aromatic heterocycles. The number of carbonyl (C=O) groups excluding carboxylic acids is 2. The zero-order valence-corrected chi connectivity index (χ0v) is 13.7. The summed E-state index contributed by atoms with van der Waals surface area (Å²) in [7, 11) is 0. The molecule has 2 fully saturated rings. The standard InChI is InChI=1S/C15H22N4O4/c1-9-6-13(15(21)22-9)18-5-4-12(7-18)19(11(3)20)8-14-16-10(2)23-17-14/h9,12-13H,4-8H2,1-3H3. The number of nitrogens with zero attached hydrogens (tertiary/aromatic N) is 4. The molecule has 0 aliphatic carbocycles. The maximum Gasteiger partial charge on any atom is 0.323 e. The molecular weight excluding hydrogens is 300 g/mol. The molecule has 1 amide bonds. The number of aryl methyl sites for hydroxylation is 1. The summed E-state index contributed by atoms with van der Waals surface area (Å²) in [5, 5.41) is 3.86. The number of aromatic nitrogens is 2. The van der Waals surface area contributed by atoms with Crippen LogP contribution in [0, 0.1) is 6.92 Å². The first kappa shape index (κ1) is 15.9. The lowest BCUT2D eigenvalue weighted by Gasteiger charge is -2.27. The van der Waals surface area contributed by atoms with Gasteiger partial charge in [0, 0.05) is 39.4 Å². The second-order valence-corrected chi connectivity index (χ2v) is 6.31. The number of ether oxygens (including phenoxy) is 1. The summed E-state index contributed by atoms with van der Waals surface area (Å²) in [5.74, 6) is 0.812. The van der Waals surface area contributed by atoms with Crippen LogP contribution in [0.25, 0.3) is 0 Å². The highest BCUT2D eigenvalue weighted by Gasteiger charge is 2.41. The zero-order valence-electron chi connectivity index (χ0n) is 13.7. The Hall–Kier alpha value is -1.96. The molecule has 23 heavy (non-hydrogen) atoms. The van der Waals surface area contributed by atoms with Crippen LogP contribution >= 0.6 is 0 Å². The van der Waals surface area contributed by atoms with E-state index in [2.05, 4.69) is 15.0 Å². The van der Waals surface area contributed by atoms with Crippen molar-refractivity contribution in [2.75, 3.05) is 13.1 Å². The van der Waals surface area contributed by atoms with Crippen molar-refractivity contribution >= 4 is 11.9 Å². The molecule has 0 radical (unpaired) electrons. The summed E-state index contributed by atoms with van der Waals surface area (Å²) in [4.78, 5) is 32.0. The van der Waals surface area contributed by atoms with Gasteiger partial charge in [0.1, 0.15) is 12.1 Å². The van der Waals surface area contributed by atoms with Gasteiger partial charge in [-0.15, -0.1) is 0 Å². The van der Waals surface area contributed by atoms with Crippen LogP contribution < -0.4 is 0 Å². The molecule has 2 aliphatic heterocycles. The average molecular weight is 322 g/mol. The van der Waals surface area contributed by atoms with E-state index in [0.29, 0.717) is 24.8 Å². The quantitative estimate of drug-likeness (QED) is 0.746. The van der Waals surface area contributed by atoms with Gasteiger partial charge < -0.3 is 14.2 Å². The summed E-state index contributed by atoms with van der Waals surface area (Å²) in [5.41, 5.74) is 0. The number of likely N-dealkylation sites (tertiary alicyclic amines) is 1. The van der Waals surface area contributed by atoms with Gasteiger partial charge in [-0.05, 0) is 13.3 Å². The molecule has 2 saturated heterocycles. The minimum Gasteiger partial charge on any atom is -0.461 e. The molecule has 126 valence electrons. The van der Waals surface area contributed by atoms with Gasteiger partial charge in [0.25, 0.3) is 0 Å². The van der Waals surface area contributed by atoms with Crippen molar-refractivity contribution < 1.29 is 18.8 Å². The summed E-state index contributed by atoms with van der Waals surface area (Å²) in [6, 6.07) is -0.133. The van der Waals surface area contributed by atoms with Crippen LogP contribution in [0.4, 0.5) is 0 Å². The maximum atomic E-state index is 12.0. The SMILES string of the molecule is CC(=O)N(Cc1noc(C)n1)C1CCN(C2CC(C)OC2=O)C1. The second kappa shape index (κ2) is 6.27. The molecule has 8 heteroatoms. The van der Waals surface area contributed by atoms with Crippen LogP contribution in [-0.2, 0) is 20.9 Å². The molecule has 0 aromatic carbocycles. The molecule has 3 unspecified atom stereocenters.